The molecule has 0 bridgehead atoms. The fraction of sp³-hybridized carbons (Fsp3) is 0.0952. The summed E-state index contributed by atoms with van der Waals surface area (Å²) in [4.78, 5) is 12.3. The molecule has 118 valence electrons. The molecule has 1 aliphatic heterocycles. The SMILES string of the molecule is O=C1C[C@H](c2ccc(-c3ccccc3)cc2)Oc2cc(O)ccc21. The molecule has 3 nitrogen and oxygen atoms in total. The first kappa shape index (κ1) is 14.5. The molecule has 0 saturated heterocycles. The van der Waals surface area contributed by atoms with Gasteiger partial charge in [0.1, 0.15) is 17.6 Å². The fourth-order valence-corrected chi connectivity index (χ4v) is 3.02. The number of aromatic hydroxyl groups is 1. The van der Waals surface area contributed by atoms with E-state index in [1.165, 1.54) is 12.1 Å². The molecule has 0 aromatic heterocycles. The maximum atomic E-state index is 12.3. The second kappa shape index (κ2) is 5.85. The Balaban J connectivity index is 1.62. The van der Waals surface area contributed by atoms with Crippen LogP contribution in [0.3, 0.4) is 0 Å². The lowest BCUT2D eigenvalue weighted by molar-refractivity contribution is 0.0849. The van der Waals surface area contributed by atoms with Gasteiger partial charge in [0.15, 0.2) is 5.78 Å². The summed E-state index contributed by atoms with van der Waals surface area (Å²) in [6.45, 7) is 0. The van der Waals surface area contributed by atoms with E-state index in [1.807, 2.05) is 42.5 Å². The van der Waals surface area contributed by atoms with E-state index in [1.54, 1.807) is 6.07 Å². The lowest BCUT2D eigenvalue weighted by Crippen LogP contribution is -2.20. The smallest absolute Gasteiger partial charge is 0.170 e. The van der Waals surface area contributed by atoms with Crippen molar-refractivity contribution in [3.63, 3.8) is 0 Å². The molecule has 1 heterocycles. The van der Waals surface area contributed by atoms with Gasteiger partial charge in [0.2, 0.25) is 0 Å². The number of phenols is 1. The van der Waals surface area contributed by atoms with E-state index >= 15 is 0 Å². The minimum atomic E-state index is -0.323. The van der Waals surface area contributed by atoms with E-state index in [-0.39, 0.29) is 17.6 Å². The number of carbonyl (C=O) groups excluding carboxylic acids is 1. The van der Waals surface area contributed by atoms with Crippen LogP contribution < -0.4 is 4.74 Å². The lowest BCUT2D eigenvalue weighted by Gasteiger charge is -2.25. The Morgan fingerprint density at radius 2 is 1.58 bits per heavy atom. The Labute approximate surface area is 140 Å². The highest BCUT2D eigenvalue weighted by Crippen LogP contribution is 2.37. The number of phenolic OH excluding ortho intramolecular Hbond substituents is 1. The van der Waals surface area contributed by atoms with Crippen LogP contribution in [0.5, 0.6) is 11.5 Å². The van der Waals surface area contributed by atoms with Crippen molar-refractivity contribution < 1.29 is 14.6 Å². The predicted molar refractivity (Wildman–Crippen MR) is 92.3 cm³/mol. The van der Waals surface area contributed by atoms with E-state index in [4.69, 9.17) is 4.74 Å². The number of fused-ring (bicyclic) bond motifs is 1. The van der Waals surface area contributed by atoms with Crippen LogP contribution in [0.1, 0.15) is 28.4 Å². The van der Waals surface area contributed by atoms with Gasteiger partial charge >= 0.3 is 0 Å². The number of hydrogen-bond donors (Lipinski definition) is 1. The fourth-order valence-electron chi connectivity index (χ4n) is 3.02. The van der Waals surface area contributed by atoms with E-state index < -0.39 is 0 Å². The second-order valence-electron chi connectivity index (χ2n) is 5.90. The molecular formula is C21H16O3. The van der Waals surface area contributed by atoms with Gasteiger partial charge in [-0.15, -0.1) is 0 Å². The third kappa shape index (κ3) is 2.65. The molecule has 1 N–H and O–H groups in total. The van der Waals surface area contributed by atoms with Crippen LogP contribution in [0.15, 0.2) is 72.8 Å². The third-order valence-electron chi connectivity index (χ3n) is 4.30. The summed E-state index contributed by atoms with van der Waals surface area (Å²) in [5.41, 5.74) is 3.77. The molecule has 0 spiro atoms. The molecule has 24 heavy (non-hydrogen) atoms. The maximum absolute atomic E-state index is 12.3. The Bertz CT molecular complexity index is 883. The quantitative estimate of drug-likeness (QED) is 0.741. The van der Waals surface area contributed by atoms with Crippen molar-refractivity contribution in [2.45, 2.75) is 12.5 Å². The van der Waals surface area contributed by atoms with Crippen molar-refractivity contribution in [2.75, 3.05) is 0 Å². The van der Waals surface area contributed by atoms with Crippen molar-refractivity contribution >= 4 is 5.78 Å². The van der Waals surface area contributed by atoms with Gasteiger partial charge in [0.05, 0.1) is 12.0 Å². The molecule has 0 saturated carbocycles. The number of ether oxygens (including phenoxy) is 1. The van der Waals surface area contributed by atoms with E-state index in [2.05, 4.69) is 12.1 Å². The van der Waals surface area contributed by atoms with Crippen LogP contribution in [-0.4, -0.2) is 10.9 Å². The summed E-state index contributed by atoms with van der Waals surface area (Å²) < 4.78 is 5.93. The highest BCUT2D eigenvalue weighted by Gasteiger charge is 2.27. The number of hydrogen-bond acceptors (Lipinski definition) is 3. The summed E-state index contributed by atoms with van der Waals surface area (Å²) in [6, 6.07) is 22.8. The average Bonchev–Trinajstić information content (AvgIpc) is 2.62. The first-order valence-corrected chi connectivity index (χ1v) is 7.89. The normalized spacial score (nSPS) is 16.3. The van der Waals surface area contributed by atoms with Crippen molar-refractivity contribution in [3.05, 3.63) is 83.9 Å². The molecule has 0 unspecified atom stereocenters. The minimum Gasteiger partial charge on any atom is -0.508 e. The van der Waals surface area contributed by atoms with Crippen LogP contribution in [0.4, 0.5) is 0 Å². The van der Waals surface area contributed by atoms with Crippen molar-refractivity contribution in [1.82, 2.24) is 0 Å². The maximum Gasteiger partial charge on any atom is 0.170 e. The molecule has 4 rings (SSSR count). The molecule has 1 aliphatic rings. The first-order chi connectivity index (χ1) is 11.7. The zero-order valence-electron chi connectivity index (χ0n) is 13.0. The summed E-state index contributed by atoms with van der Waals surface area (Å²) in [7, 11) is 0. The van der Waals surface area contributed by atoms with Crippen molar-refractivity contribution in [3.8, 4) is 22.6 Å². The van der Waals surface area contributed by atoms with E-state index in [0.717, 1.165) is 16.7 Å². The van der Waals surface area contributed by atoms with Gasteiger partial charge in [-0.1, -0.05) is 54.6 Å². The Morgan fingerprint density at radius 1 is 0.875 bits per heavy atom. The van der Waals surface area contributed by atoms with Crippen LogP contribution in [0.2, 0.25) is 0 Å². The largest absolute Gasteiger partial charge is 0.508 e. The number of Topliss-reactive ketones (excluding diaryl/α,β-unsaturated/α-hetero) is 1. The van der Waals surface area contributed by atoms with Gasteiger partial charge in [0.25, 0.3) is 0 Å². The standard InChI is InChI=1S/C21H16O3/c22-17-10-11-18-19(23)13-20(24-21(18)12-17)16-8-6-15(7-9-16)14-4-2-1-3-5-14/h1-12,20,22H,13H2/t20-/m1/s1. The minimum absolute atomic E-state index is 0.0355. The molecular weight excluding hydrogens is 300 g/mol. The van der Waals surface area contributed by atoms with Gasteiger partial charge < -0.3 is 9.84 Å². The predicted octanol–water partition coefficient (Wildman–Crippen LogP) is 4.77. The van der Waals surface area contributed by atoms with Gasteiger partial charge in [0, 0.05) is 6.07 Å². The van der Waals surface area contributed by atoms with Crippen LogP contribution >= 0.6 is 0 Å². The zero-order chi connectivity index (χ0) is 16.5. The highest BCUT2D eigenvalue weighted by atomic mass is 16.5. The van der Waals surface area contributed by atoms with Crippen LogP contribution in [0, 0.1) is 0 Å². The Hall–Kier alpha value is -3.07. The zero-order valence-corrected chi connectivity index (χ0v) is 13.0. The molecule has 3 heteroatoms. The molecule has 3 aromatic rings. The molecule has 0 amide bonds. The van der Waals surface area contributed by atoms with Crippen molar-refractivity contribution in [2.24, 2.45) is 0 Å². The Morgan fingerprint density at radius 3 is 2.33 bits per heavy atom. The summed E-state index contributed by atoms with van der Waals surface area (Å²) >= 11 is 0. The number of ketones is 1. The van der Waals surface area contributed by atoms with Gasteiger partial charge in [-0.25, -0.2) is 0 Å². The molecule has 3 aromatic carbocycles. The number of rotatable bonds is 2. The molecule has 0 fully saturated rings. The summed E-state index contributed by atoms with van der Waals surface area (Å²) in [5.74, 6) is 0.582. The summed E-state index contributed by atoms with van der Waals surface area (Å²) in [6.07, 6.45) is -0.0146. The lowest BCUT2D eigenvalue weighted by atomic mass is 9.95. The second-order valence-corrected chi connectivity index (χ2v) is 5.90. The van der Waals surface area contributed by atoms with Crippen molar-refractivity contribution in [1.29, 1.82) is 0 Å². The average molecular weight is 316 g/mol. The van der Waals surface area contributed by atoms with Gasteiger partial charge in [-0.2, -0.15) is 0 Å². The van der Waals surface area contributed by atoms with E-state index in [9.17, 15) is 9.90 Å². The molecule has 0 aliphatic carbocycles. The number of carbonyl (C=O) groups is 1. The summed E-state index contributed by atoms with van der Waals surface area (Å²) in [5, 5.41) is 9.60. The van der Waals surface area contributed by atoms with Gasteiger partial charge in [-0.05, 0) is 28.8 Å². The van der Waals surface area contributed by atoms with Crippen LogP contribution in [0.25, 0.3) is 11.1 Å². The topological polar surface area (TPSA) is 46.5 Å². The van der Waals surface area contributed by atoms with E-state index in [0.29, 0.717) is 17.7 Å². The first-order valence-electron chi connectivity index (χ1n) is 7.89. The monoisotopic (exact) mass is 316 g/mol. The molecule has 0 radical (unpaired) electrons. The Kier molecular flexibility index (Phi) is 3.54. The molecule has 1 atom stereocenters. The number of benzene rings is 3. The van der Waals surface area contributed by atoms with Gasteiger partial charge in [-0.3, -0.25) is 4.79 Å². The van der Waals surface area contributed by atoms with Crippen LogP contribution in [-0.2, 0) is 0 Å². The third-order valence-corrected chi connectivity index (χ3v) is 4.30. The highest BCUT2D eigenvalue weighted by molar-refractivity contribution is 6.00.